The highest BCUT2D eigenvalue weighted by Crippen LogP contribution is 2.40. The van der Waals surface area contributed by atoms with Crippen LogP contribution >= 0.6 is 0 Å². The molecule has 0 bridgehead atoms. The molecule has 1 fully saturated rings. The van der Waals surface area contributed by atoms with Crippen LogP contribution in [-0.4, -0.2) is 58.0 Å². The summed E-state index contributed by atoms with van der Waals surface area (Å²) < 4.78 is 46.7. The predicted molar refractivity (Wildman–Crippen MR) is 108 cm³/mol. The summed E-state index contributed by atoms with van der Waals surface area (Å²) in [6.45, 7) is 1.10. The van der Waals surface area contributed by atoms with Gasteiger partial charge >= 0.3 is 6.18 Å². The van der Waals surface area contributed by atoms with Crippen LogP contribution in [0.1, 0.15) is 37.3 Å². The molecule has 0 saturated carbocycles. The van der Waals surface area contributed by atoms with Gasteiger partial charge in [-0.15, -0.1) is 0 Å². The summed E-state index contributed by atoms with van der Waals surface area (Å²) in [4.78, 5) is 18.5. The van der Waals surface area contributed by atoms with Crippen molar-refractivity contribution in [2.45, 2.75) is 50.4 Å². The Labute approximate surface area is 178 Å². The summed E-state index contributed by atoms with van der Waals surface area (Å²) in [6, 6.07) is 5.50. The van der Waals surface area contributed by atoms with Crippen LogP contribution in [-0.2, 0) is 11.2 Å². The van der Waals surface area contributed by atoms with Gasteiger partial charge in [-0.3, -0.25) is 4.79 Å². The average Bonchev–Trinajstić information content (AvgIpc) is 3.25. The van der Waals surface area contributed by atoms with E-state index in [9.17, 15) is 18.0 Å². The van der Waals surface area contributed by atoms with Crippen molar-refractivity contribution < 1.29 is 22.7 Å². The van der Waals surface area contributed by atoms with E-state index in [1.165, 1.54) is 0 Å². The second-order valence-corrected chi connectivity index (χ2v) is 8.16. The van der Waals surface area contributed by atoms with Crippen LogP contribution in [0, 0.1) is 5.92 Å². The molecule has 4 rings (SSSR count). The van der Waals surface area contributed by atoms with Gasteiger partial charge in [0.2, 0.25) is 11.9 Å². The molecule has 2 aromatic rings. The Morgan fingerprint density at radius 1 is 1.29 bits per heavy atom. The van der Waals surface area contributed by atoms with Crippen molar-refractivity contribution in [1.29, 1.82) is 0 Å². The molecular weight excluding hydrogens is 411 g/mol. The number of amides is 1. The lowest BCUT2D eigenvalue weighted by atomic mass is 9.86. The number of aryl methyl sites for hydroxylation is 1. The van der Waals surface area contributed by atoms with Gasteiger partial charge in [-0.25, -0.2) is 4.68 Å². The maximum absolute atomic E-state index is 13.6. The van der Waals surface area contributed by atoms with E-state index in [-0.39, 0.29) is 24.2 Å². The summed E-state index contributed by atoms with van der Waals surface area (Å²) in [5.74, 6) is 0.879. The first-order valence-electron chi connectivity index (χ1n) is 10.5. The lowest BCUT2D eigenvalue weighted by Gasteiger charge is -2.41. The van der Waals surface area contributed by atoms with Crippen molar-refractivity contribution in [2.24, 2.45) is 5.92 Å². The third kappa shape index (κ3) is 4.77. The van der Waals surface area contributed by atoms with E-state index in [2.05, 4.69) is 15.4 Å². The molecule has 10 heteroatoms. The quantitative estimate of drug-likeness (QED) is 0.776. The molecule has 168 valence electrons. The molecule has 0 aliphatic carbocycles. The molecule has 1 amide bonds. The van der Waals surface area contributed by atoms with Crippen LogP contribution in [0.2, 0.25) is 0 Å². The van der Waals surface area contributed by atoms with Gasteiger partial charge in [-0.05, 0) is 49.3 Å². The molecule has 0 spiro atoms. The topological polar surface area (TPSA) is 72.3 Å². The molecule has 1 unspecified atom stereocenters. The van der Waals surface area contributed by atoms with E-state index in [1.807, 2.05) is 24.3 Å². The fraction of sp³-hybridized carbons (Fsp3) is 0.571. The van der Waals surface area contributed by atoms with Crippen molar-refractivity contribution in [1.82, 2.24) is 19.7 Å². The number of benzene rings is 1. The number of alkyl halides is 3. The SMILES string of the molecule is COc1ccc(CCC(=O)N2CCCC([C@@H]3C[C@H](C(F)(F)F)n4ncnc4N3)C2)cc1. The number of ether oxygens (including phenoxy) is 1. The van der Waals surface area contributed by atoms with Gasteiger partial charge in [0.25, 0.3) is 0 Å². The zero-order valence-electron chi connectivity index (χ0n) is 17.3. The summed E-state index contributed by atoms with van der Waals surface area (Å²) in [6.07, 6.45) is -0.830. The summed E-state index contributed by atoms with van der Waals surface area (Å²) >= 11 is 0. The van der Waals surface area contributed by atoms with Gasteiger partial charge < -0.3 is 15.0 Å². The first kappa shape index (κ1) is 21.5. The van der Waals surface area contributed by atoms with Crippen LogP contribution in [0.3, 0.4) is 0 Å². The Bertz CT molecular complexity index is 899. The van der Waals surface area contributed by atoms with E-state index in [1.54, 1.807) is 12.0 Å². The average molecular weight is 437 g/mol. The Morgan fingerprint density at radius 3 is 2.77 bits per heavy atom. The summed E-state index contributed by atoms with van der Waals surface area (Å²) in [7, 11) is 1.60. The highest BCUT2D eigenvalue weighted by Gasteiger charge is 2.48. The van der Waals surface area contributed by atoms with Gasteiger partial charge in [-0.1, -0.05) is 12.1 Å². The fourth-order valence-electron chi connectivity index (χ4n) is 4.50. The number of nitrogens with one attached hydrogen (secondary N) is 1. The number of anilines is 1. The fourth-order valence-corrected chi connectivity index (χ4v) is 4.50. The highest BCUT2D eigenvalue weighted by atomic mass is 19.4. The number of carbonyl (C=O) groups is 1. The number of halogens is 3. The molecule has 1 aromatic carbocycles. The number of carbonyl (C=O) groups excluding carboxylic acids is 1. The molecule has 1 aromatic heterocycles. The maximum Gasteiger partial charge on any atom is 0.411 e. The van der Waals surface area contributed by atoms with Crippen molar-refractivity contribution >= 4 is 11.9 Å². The molecule has 3 heterocycles. The Morgan fingerprint density at radius 2 is 2.06 bits per heavy atom. The number of fused-ring (bicyclic) bond motifs is 1. The first-order chi connectivity index (χ1) is 14.8. The molecule has 2 aliphatic rings. The van der Waals surface area contributed by atoms with Crippen molar-refractivity contribution in [3.05, 3.63) is 36.2 Å². The smallest absolute Gasteiger partial charge is 0.411 e. The zero-order chi connectivity index (χ0) is 22.0. The minimum Gasteiger partial charge on any atom is -0.497 e. The molecule has 2 aliphatic heterocycles. The minimum absolute atomic E-state index is 0.0341. The third-order valence-corrected chi connectivity index (χ3v) is 6.20. The number of nitrogens with zero attached hydrogens (tertiary/aromatic N) is 4. The molecule has 1 saturated heterocycles. The van der Waals surface area contributed by atoms with Gasteiger partial charge in [0.05, 0.1) is 7.11 Å². The minimum atomic E-state index is -4.40. The van der Waals surface area contributed by atoms with Crippen molar-refractivity contribution in [3.63, 3.8) is 0 Å². The lowest BCUT2D eigenvalue weighted by Crippen LogP contribution is -2.49. The molecular formula is C21H26F3N5O2. The first-order valence-corrected chi connectivity index (χ1v) is 10.5. The lowest BCUT2D eigenvalue weighted by molar-refractivity contribution is -0.175. The number of likely N-dealkylation sites (tertiary alicyclic amines) is 1. The Balaban J connectivity index is 1.37. The second kappa shape index (κ2) is 8.76. The number of rotatable bonds is 5. The van der Waals surface area contributed by atoms with Gasteiger partial charge in [-0.2, -0.15) is 23.3 Å². The molecule has 1 N–H and O–H groups in total. The summed E-state index contributed by atoms with van der Waals surface area (Å²) in [5, 5.41) is 6.86. The van der Waals surface area contributed by atoms with Crippen LogP contribution in [0.4, 0.5) is 19.1 Å². The van der Waals surface area contributed by atoms with E-state index >= 15 is 0 Å². The number of piperidine rings is 1. The zero-order valence-corrected chi connectivity index (χ0v) is 17.3. The normalized spacial score (nSPS) is 23.7. The van der Waals surface area contributed by atoms with Gasteiger partial charge in [0, 0.05) is 25.6 Å². The van der Waals surface area contributed by atoms with Crippen LogP contribution in [0.5, 0.6) is 5.75 Å². The molecule has 7 nitrogen and oxygen atoms in total. The monoisotopic (exact) mass is 437 g/mol. The number of methoxy groups -OCH3 is 1. The third-order valence-electron chi connectivity index (χ3n) is 6.20. The predicted octanol–water partition coefficient (Wildman–Crippen LogP) is 3.45. The molecule has 0 radical (unpaired) electrons. The van der Waals surface area contributed by atoms with Crippen LogP contribution < -0.4 is 10.1 Å². The number of hydrogen-bond donors (Lipinski definition) is 1. The van der Waals surface area contributed by atoms with Crippen LogP contribution in [0.15, 0.2) is 30.6 Å². The van der Waals surface area contributed by atoms with E-state index in [0.29, 0.717) is 25.9 Å². The van der Waals surface area contributed by atoms with Crippen LogP contribution in [0.25, 0.3) is 0 Å². The molecule has 31 heavy (non-hydrogen) atoms. The molecule has 3 atom stereocenters. The number of aromatic nitrogens is 3. The van der Waals surface area contributed by atoms with E-state index in [4.69, 9.17) is 4.74 Å². The van der Waals surface area contributed by atoms with Crippen molar-refractivity contribution in [2.75, 3.05) is 25.5 Å². The maximum atomic E-state index is 13.6. The second-order valence-electron chi connectivity index (χ2n) is 8.16. The Hall–Kier alpha value is -2.78. The van der Waals surface area contributed by atoms with E-state index < -0.39 is 18.3 Å². The number of hydrogen-bond acceptors (Lipinski definition) is 5. The Kier molecular flexibility index (Phi) is 6.06. The highest BCUT2D eigenvalue weighted by molar-refractivity contribution is 5.76. The van der Waals surface area contributed by atoms with E-state index in [0.717, 1.165) is 35.2 Å². The van der Waals surface area contributed by atoms with Gasteiger partial charge in [0.1, 0.15) is 12.1 Å². The standard InChI is InChI=1S/C21H26F3N5O2/c1-31-16-7-4-14(5-8-16)6-9-19(30)28-10-2-3-15(12-28)17-11-18(21(22,23)24)29-20(27-17)25-13-26-29/h4-5,7-8,13,15,17-18H,2-3,6,9-12H2,1H3,(H,25,26,27)/t15?,17-,18+/m0/s1. The largest absolute Gasteiger partial charge is 0.497 e. The summed E-state index contributed by atoms with van der Waals surface area (Å²) in [5.41, 5.74) is 1.05. The van der Waals surface area contributed by atoms with Crippen molar-refractivity contribution in [3.8, 4) is 5.75 Å². The van der Waals surface area contributed by atoms with Gasteiger partial charge in [0.15, 0.2) is 6.04 Å².